The second kappa shape index (κ2) is 7.77. The first-order chi connectivity index (χ1) is 11.1. The van der Waals surface area contributed by atoms with Gasteiger partial charge in [-0.2, -0.15) is 0 Å². The van der Waals surface area contributed by atoms with Gasteiger partial charge in [-0.3, -0.25) is 4.79 Å². The average Bonchev–Trinajstić information content (AvgIpc) is 3.17. The molecule has 0 saturated carbocycles. The van der Waals surface area contributed by atoms with E-state index >= 15 is 0 Å². The monoisotopic (exact) mass is 336 g/mol. The van der Waals surface area contributed by atoms with Crippen LogP contribution in [-0.2, 0) is 16.0 Å². The molecule has 2 saturated heterocycles. The summed E-state index contributed by atoms with van der Waals surface area (Å²) in [5, 5.41) is 5.12. The van der Waals surface area contributed by atoms with E-state index in [1.165, 1.54) is 4.88 Å². The number of fused-ring (bicyclic) bond motifs is 1. The Bertz CT molecular complexity index is 503. The number of nitrogens with zero attached hydrogens (tertiary/aromatic N) is 1. The molecule has 128 valence electrons. The van der Waals surface area contributed by atoms with E-state index in [9.17, 15) is 4.79 Å². The number of amides is 1. The number of piperidine rings is 1. The maximum Gasteiger partial charge on any atom is 0.222 e. The molecule has 2 aliphatic heterocycles. The van der Waals surface area contributed by atoms with Crippen molar-refractivity contribution in [1.29, 1.82) is 0 Å². The van der Waals surface area contributed by atoms with Crippen LogP contribution < -0.4 is 5.32 Å². The van der Waals surface area contributed by atoms with Gasteiger partial charge in [-0.15, -0.1) is 11.3 Å². The molecule has 5 heteroatoms. The largest absolute Gasteiger partial charge is 0.377 e. The number of thiophene rings is 1. The third-order valence-electron chi connectivity index (χ3n) is 5.22. The van der Waals surface area contributed by atoms with Crippen molar-refractivity contribution in [2.24, 2.45) is 11.8 Å². The number of nitrogens with one attached hydrogen (secondary N) is 1. The third kappa shape index (κ3) is 4.34. The van der Waals surface area contributed by atoms with Gasteiger partial charge in [0.15, 0.2) is 0 Å². The molecule has 0 unspecified atom stereocenters. The maximum atomic E-state index is 12.2. The van der Waals surface area contributed by atoms with Gasteiger partial charge >= 0.3 is 0 Å². The molecule has 3 atom stereocenters. The molecular formula is C18H28N2O2S. The number of carbonyl (C=O) groups is 1. The van der Waals surface area contributed by atoms with Crippen molar-refractivity contribution >= 4 is 17.2 Å². The van der Waals surface area contributed by atoms with Gasteiger partial charge in [-0.05, 0) is 50.6 Å². The Morgan fingerprint density at radius 1 is 1.52 bits per heavy atom. The molecule has 0 aliphatic carbocycles. The predicted molar refractivity (Wildman–Crippen MR) is 93.7 cm³/mol. The molecule has 23 heavy (non-hydrogen) atoms. The Kier molecular flexibility index (Phi) is 5.72. The molecule has 1 aromatic rings. The Labute approximate surface area is 143 Å². The van der Waals surface area contributed by atoms with Crippen molar-refractivity contribution in [3.05, 3.63) is 22.4 Å². The highest BCUT2D eigenvalue weighted by molar-refractivity contribution is 7.09. The summed E-state index contributed by atoms with van der Waals surface area (Å²) in [7, 11) is 0. The van der Waals surface area contributed by atoms with Gasteiger partial charge in [0.05, 0.1) is 19.1 Å². The van der Waals surface area contributed by atoms with Crippen LogP contribution in [0.2, 0.25) is 0 Å². The fourth-order valence-electron chi connectivity index (χ4n) is 3.83. The Morgan fingerprint density at radius 3 is 3.13 bits per heavy atom. The highest BCUT2D eigenvalue weighted by atomic mass is 32.1. The standard InChI is InChI=1S/C18H28N2O2S/c1-13(2)20-8-6-16-14(11-20)12-22-17(16)10-18(21)19-7-5-15-4-3-9-23-15/h3-4,9,13-14,16-17H,5-8,10-12H2,1-2H3,(H,19,21)/t14-,16-,17-/m1/s1. The summed E-state index contributed by atoms with van der Waals surface area (Å²) in [5.74, 6) is 1.31. The molecule has 0 spiro atoms. The van der Waals surface area contributed by atoms with Gasteiger partial charge < -0.3 is 15.0 Å². The minimum absolute atomic E-state index is 0.121. The molecule has 2 aliphatic rings. The molecule has 1 aromatic heterocycles. The van der Waals surface area contributed by atoms with Crippen molar-refractivity contribution in [3.8, 4) is 0 Å². The lowest BCUT2D eigenvalue weighted by atomic mass is 9.83. The molecule has 1 amide bonds. The summed E-state index contributed by atoms with van der Waals surface area (Å²) in [6.07, 6.45) is 2.73. The summed E-state index contributed by atoms with van der Waals surface area (Å²) >= 11 is 1.74. The van der Waals surface area contributed by atoms with Gasteiger partial charge in [0.1, 0.15) is 0 Å². The van der Waals surface area contributed by atoms with E-state index in [0.29, 0.717) is 24.3 Å². The number of hydrogen-bond acceptors (Lipinski definition) is 4. The molecule has 4 nitrogen and oxygen atoms in total. The summed E-state index contributed by atoms with van der Waals surface area (Å²) in [4.78, 5) is 16.0. The zero-order chi connectivity index (χ0) is 16.2. The smallest absolute Gasteiger partial charge is 0.222 e. The normalized spacial score (nSPS) is 28.0. The maximum absolute atomic E-state index is 12.2. The van der Waals surface area contributed by atoms with Crippen molar-refractivity contribution < 1.29 is 9.53 Å². The fraction of sp³-hybridized carbons (Fsp3) is 0.722. The van der Waals surface area contributed by atoms with Gasteiger partial charge in [-0.25, -0.2) is 0 Å². The lowest BCUT2D eigenvalue weighted by Gasteiger charge is -2.37. The molecule has 3 heterocycles. The van der Waals surface area contributed by atoms with Crippen LogP contribution in [0.15, 0.2) is 17.5 Å². The molecular weight excluding hydrogens is 308 g/mol. The molecule has 1 N–H and O–H groups in total. The van der Waals surface area contributed by atoms with Crippen molar-refractivity contribution in [2.45, 2.75) is 45.3 Å². The number of hydrogen-bond donors (Lipinski definition) is 1. The molecule has 3 rings (SSSR count). The number of ether oxygens (including phenoxy) is 1. The van der Waals surface area contributed by atoms with Gasteiger partial charge in [0.25, 0.3) is 0 Å². The van der Waals surface area contributed by atoms with Crippen LogP contribution in [0.1, 0.15) is 31.6 Å². The van der Waals surface area contributed by atoms with Crippen LogP contribution in [0, 0.1) is 11.8 Å². The van der Waals surface area contributed by atoms with Crippen LogP contribution in [0.5, 0.6) is 0 Å². The van der Waals surface area contributed by atoms with Gasteiger partial charge in [0.2, 0.25) is 5.91 Å². The van der Waals surface area contributed by atoms with Crippen LogP contribution in [0.3, 0.4) is 0 Å². The Hall–Kier alpha value is -0.910. The van der Waals surface area contributed by atoms with E-state index in [2.05, 4.69) is 41.6 Å². The van der Waals surface area contributed by atoms with E-state index in [1.807, 2.05) is 0 Å². The van der Waals surface area contributed by atoms with Gasteiger partial charge in [0, 0.05) is 29.9 Å². The molecule has 0 aromatic carbocycles. The van der Waals surface area contributed by atoms with E-state index in [-0.39, 0.29) is 12.0 Å². The van der Waals surface area contributed by atoms with E-state index < -0.39 is 0 Å². The summed E-state index contributed by atoms with van der Waals surface area (Å²) < 4.78 is 5.97. The highest BCUT2D eigenvalue weighted by Gasteiger charge is 2.41. The van der Waals surface area contributed by atoms with Crippen molar-refractivity contribution in [2.75, 3.05) is 26.2 Å². The molecule has 2 fully saturated rings. The molecule has 0 bridgehead atoms. The quantitative estimate of drug-likeness (QED) is 0.868. The van der Waals surface area contributed by atoms with Crippen molar-refractivity contribution in [1.82, 2.24) is 10.2 Å². The zero-order valence-corrected chi connectivity index (χ0v) is 15.0. The SMILES string of the molecule is CC(C)N1CC[C@@H]2[C@@H](CO[C@@H]2CC(=O)NCCc2cccs2)C1. The van der Waals surface area contributed by atoms with E-state index in [1.54, 1.807) is 11.3 Å². The first-order valence-corrected chi connectivity index (χ1v) is 9.66. The lowest BCUT2D eigenvalue weighted by molar-refractivity contribution is -0.123. The topological polar surface area (TPSA) is 41.6 Å². The number of likely N-dealkylation sites (tertiary alicyclic amines) is 1. The Balaban J connectivity index is 1.41. The first-order valence-electron chi connectivity index (χ1n) is 8.78. The minimum Gasteiger partial charge on any atom is -0.377 e. The minimum atomic E-state index is 0.121. The van der Waals surface area contributed by atoms with Crippen molar-refractivity contribution in [3.63, 3.8) is 0 Å². The second-order valence-electron chi connectivity index (χ2n) is 7.06. The molecule has 0 radical (unpaired) electrons. The fourth-order valence-corrected chi connectivity index (χ4v) is 4.54. The number of rotatable bonds is 6. The predicted octanol–water partition coefficient (Wildman–Crippen LogP) is 2.54. The third-order valence-corrected chi connectivity index (χ3v) is 6.15. The summed E-state index contributed by atoms with van der Waals surface area (Å²) in [6, 6.07) is 4.78. The lowest BCUT2D eigenvalue weighted by Crippen LogP contribution is -2.45. The highest BCUT2D eigenvalue weighted by Crippen LogP contribution is 2.36. The van der Waals surface area contributed by atoms with E-state index in [0.717, 1.165) is 39.1 Å². The number of carbonyl (C=O) groups excluding carboxylic acids is 1. The first kappa shape index (κ1) is 16.9. The van der Waals surface area contributed by atoms with Crippen LogP contribution in [0.25, 0.3) is 0 Å². The Morgan fingerprint density at radius 2 is 2.39 bits per heavy atom. The average molecular weight is 337 g/mol. The van der Waals surface area contributed by atoms with Crippen LogP contribution in [-0.4, -0.2) is 49.2 Å². The second-order valence-corrected chi connectivity index (χ2v) is 8.09. The summed E-state index contributed by atoms with van der Waals surface area (Å²) in [6.45, 7) is 8.32. The van der Waals surface area contributed by atoms with Crippen LogP contribution >= 0.6 is 11.3 Å². The van der Waals surface area contributed by atoms with E-state index in [4.69, 9.17) is 4.74 Å². The zero-order valence-electron chi connectivity index (χ0n) is 14.2. The van der Waals surface area contributed by atoms with Crippen LogP contribution in [0.4, 0.5) is 0 Å². The van der Waals surface area contributed by atoms with Gasteiger partial charge in [-0.1, -0.05) is 6.07 Å². The summed E-state index contributed by atoms with van der Waals surface area (Å²) in [5.41, 5.74) is 0.